The van der Waals surface area contributed by atoms with E-state index in [0.29, 0.717) is 19.4 Å². The van der Waals surface area contributed by atoms with Crippen molar-refractivity contribution < 1.29 is 23.7 Å². The first-order valence-electron chi connectivity index (χ1n) is 9.49. The largest absolute Gasteiger partial charge is 0.560 e. The Hall–Kier alpha value is -2.77. The molecule has 0 bridgehead atoms. The fourth-order valence-corrected chi connectivity index (χ4v) is 2.62. The number of carbonyl (C=O) groups is 2. The Kier molecular flexibility index (Phi) is 11.2. The van der Waals surface area contributed by atoms with Gasteiger partial charge < -0.3 is 19.4 Å². The summed E-state index contributed by atoms with van der Waals surface area (Å²) in [5, 5.41) is 2.72. The van der Waals surface area contributed by atoms with Gasteiger partial charge in [0.25, 0.3) is 0 Å². The molecule has 2 atom stereocenters. The molecule has 7 nitrogen and oxygen atoms in total. The zero-order valence-corrected chi connectivity index (χ0v) is 17.3. The molecule has 0 fully saturated rings. The molecular formula is C21H29BN2O5. The minimum Gasteiger partial charge on any atom is -0.560 e. The van der Waals surface area contributed by atoms with Crippen molar-refractivity contribution in [2.24, 2.45) is 10.9 Å². The summed E-state index contributed by atoms with van der Waals surface area (Å²) in [6.45, 7) is 8.12. The number of amides is 1. The van der Waals surface area contributed by atoms with E-state index in [4.69, 9.17) is 17.5 Å². The van der Waals surface area contributed by atoms with Gasteiger partial charge in [-0.05, 0) is 36.5 Å². The third-order valence-corrected chi connectivity index (χ3v) is 4.06. The van der Waals surface area contributed by atoms with Gasteiger partial charge in [-0.2, -0.15) is 0 Å². The molecule has 29 heavy (non-hydrogen) atoms. The first-order chi connectivity index (χ1) is 13.9. The van der Waals surface area contributed by atoms with Crippen molar-refractivity contribution in [3.8, 4) is 5.75 Å². The fourth-order valence-electron chi connectivity index (χ4n) is 2.62. The summed E-state index contributed by atoms with van der Waals surface area (Å²) < 4.78 is 14.7. The molecule has 8 heteroatoms. The lowest BCUT2D eigenvalue weighted by atomic mass is 10.0. The number of ether oxygens (including phenoxy) is 2. The summed E-state index contributed by atoms with van der Waals surface area (Å²) in [7, 11) is 6.30. The van der Waals surface area contributed by atoms with Crippen LogP contribution in [0.25, 0.3) is 0 Å². The molecule has 0 aliphatic heterocycles. The Bertz CT molecular complexity index is 676. The van der Waals surface area contributed by atoms with Crippen molar-refractivity contribution in [2.45, 2.75) is 45.2 Å². The van der Waals surface area contributed by atoms with E-state index in [1.807, 2.05) is 38.1 Å². The first kappa shape index (κ1) is 24.3. The average molecular weight is 400 g/mol. The van der Waals surface area contributed by atoms with Crippen molar-refractivity contribution in [1.82, 2.24) is 5.32 Å². The Morgan fingerprint density at radius 3 is 2.52 bits per heavy atom. The monoisotopic (exact) mass is 400 g/mol. The van der Waals surface area contributed by atoms with Crippen LogP contribution in [0.15, 0.2) is 41.9 Å². The summed E-state index contributed by atoms with van der Waals surface area (Å²) >= 11 is 0. The summed E-state index contributed by atoms with van der Waals surface area (Å²) in [6, 6.07) is 5.80. The predicted octanol–water partition coefficient (Wildman–Crippen LogP) is 2.38. The van der Waals surface area contributed by atoms with Gasteiger partial charge in [0.2, 0.25) is 5.91 Å². The number of hydrogen-bond acceptors (Lipinski definition) is 6. The SMILES string of the molecule is [B]OC=N[C@@H](Cc1ccc(OCCC=C)cc1)C(=O)N[C@@H](CC(C)C)C(=O)OC. The number of carbonyl (C=O) groups excluding carboxylic acids is 2. The van der Waals surface area contributed by atoms with E-state index in [2.05, 4.69) is 21.5 Å². The van der Waals surface area contributed by atoms with Gasteiger partial charge >= 0.3 is 14.0 Å². The third kappa shape index (κ3) is 9.32. The molecule has 1 aromatic carbocycles. The van der Waals surface area contributed by atoms with E-state index in [0.717, 1.165) is 24.1 Å². The second-order valence-corrected chi connectivity index (χ2v) is 6.89. The normalized spacial score (nSPS) is 13.0. The summed E-state index contributed by atoms with van der Waals surface area (Å²) in [6.07, 6.45) is 4.31. The zero-order chi connectivity index (χ0) is 21.6. The molecule has 0 heterocycles. The van der Waals surface area contributed by atoms with Crippen LogP contribution in [0.3, 0.4) is 0 Å². The lowest BCUT2D eigenvalue weighted by molar-refractivity contribution is -0.145. The minimum atomic E-state index is -0.814. The molecular weight excluding hydrogens is 371 g/mol. The number of aliphatic imine (C=N–C) groups is 1. The highest BCUT2D eigenvalue weighted by Gasteiger charge is 2.26. The van der Waals surface area contributed by atoms with E-state index in [1.54, 1.807) is 6.08 Å². The van der Waals surface area contributed by atoms with Gasteiger partial charge in [-0.15, -0.1) is 6.58 Å². The molecule has 1 rings (SSSR count). The Morgan fingerprint density at radius 1 is 1.28 bits per heavy atom. The van der Waals surface area contributed by atoms with Gasteiger partial charge in [0.05, 0.1) is 13.7 Å². The van der Waals surface area contributed by atoms with Crippen LogP contribution in [0.5, 0.6) is 5.75 Å². The molecule has 0 saturated carbocycles. The minimum absolute atomic E-state index is 0.197. The van der Waals surface area contributed by atoms with Crippen LogP contribution in [-0.2, 0) is 25.4 Å². The number of esters is 1. The molecule has 156 valence electrons. The second kappa shape index (κ2) is 13.4. The molecule has 1 aromatic rings. The summed E-state index contributed by atoms with van der Waals surface area (Å²) in [5.41, 5.74) is 0.869. The van der Waals surface area contributed by atoms with Crippen molar-refractivity contribution in [1.29, 1.82) is 0 Å². The summed E-state index contributed by atoms with van der Waals surface area (Å²) in [4.78, 5) is 28.8. The quantitative estimate of drug-likeness (QED) is 0.137. The van der Waals surface area contributed by atoms with Gasteiger partial charge in [0.15, 0.2) is 6.40 Å². The van der Waals surface area contributed by atoms with Crippen LogP contribution in [0.2, 0.25) is 0 Å². The Morgan fingerprint density at radius 2 is 1.97 bits per heavy atom. The molecule has 0 aliphatic carbocycles. The highest BCUT2D eigenvalue weighted by molar-refractivity contribution is 6.02. The third-order valence-electron chi connectivity index (χ3n) is 4.06. The number of hydrogen-bond donors (Lipinski definition) is 1. The number of nitrogens with one attached hydrogen (secondary N) is 1. The molecule has 1 N–H and O–H groups in total. The number of methoxy groups -OCH3 is 1. The molecule has 0 unspecified atom stereocenters. The molecule has 1 amide bonds. The first-order valence-corrected chi connectivity index (χ1v) is 9.49. The van der Waals surface area contributed by atoms with Gasteiger partial charge in [-0.3, -0.25) is 4.79 Å². The highest BCUT2D eigenvalue weighted by Crippen LogP contribution is 2.15. The molecule has 0 spiro atoms. The summed E-state index contributed by atoms with van der Waals surface area (Å²) in [5.74, 6) is 0.0157. The van der Waals surface area contributed by atoms with E-state index < -0.39 is 24.0 Å². The van der Waals surface area contributed by atoms with Crippen LogP contribution in [0.4, 0.5) is 0 Å². The van der Waals surface area contributed by atoms with Crippen LogP contribution in [0, 0.1) is 5.92 Å². The number of nitrogens with zero attached hydrogens (tertiary/aromatic N) is 1. The zero-order valence-electron chi connectivity index (χ0n) is 17.3. The lowest BCUT2D eigenvalue weighted by Gasteiger charge is -2.21. The molecule has 0 saturated heterocycles. The van der Waals surface area contributed by atoms with E-state index in [-0.39, 0.29) is 5.92 Å². The number of rotatable bonds is 13. The maximum atomic E-state index is 12.7. The molecule has 2 radical (unpaired) electrons. The average Bonchev–Trinajstić information content (AvgIpc) is 2.70. The number of benzene rings is 1. The van der Waals surface area contributed by atoms with Crippen LogP contribution in [-0.4, -0.2) is 52.1 Å². The lowest BCUT2D eigenvalue weighted by Crippen LogP contribution is -2.46. The van der Waals surface area contributed by atoms with Crippen molar-refractivity contribution in [3.05, 3.63) is 42.5 Å². The van der Waals surface area contributed by atoms with Crippen LogP contribution in [0.1, 0.15) is 32.3 Å². The van der Waals surface area contributed by atoms with Crippen LogP contribution < -0.4 is 10.1 Å². The van der Waals surface area contributed by atoms with Gasteiger partial charge in [0.1, 0.15) is 17.8 Å². The fraction of sp³-hybridized carbons (Fsp3) is 0.476. The molecule has 0 aliphatic rings. The van der Waals surface area contributed by atoms with Crippen molar-refractivity contribution >= 4 is 26.3 Å². The van der Waals surface area contributed by atoms with Gasteiger partial charge in [-0.25, -0.2) is 9.79 Å². The van der Waals surface area contributed by atoms with E-state index >= 15 is 0 Å². The smallest absolute Gasteiger partial charge is 0.375 e. The van der Waals surface area contributed by atoms with Crippen molar-refractivity contribution in [3.63, 3.8) is 0 Å². The van der Waals surface area contributed by atoms with E-state index in [1.165, 1.54) is 7.11 Å². The Balaban J connectivity index is 2.84. The van der Waals surface area contributed by atoms with E-state index in [9.17, 15) is 9.59 Å². The standard InChI is InChI=1S/C21H29BN2O5/c1-5-6-11-28-17-9-7-16(8-10-17)13-18(23-14-29-22)20(25)24-19(12-15(2)3)21(26)27-4/h5,7-10,14-15,18-19H,1,6,11-13H2,2-4H3,(H,24,25)/t18-,19-/m0/s1. The van der Waals surface area contributed by atoms with Gasteiger partial charge in [0, 0.05) is 6.42 Å². The molecule has 0 aromatic heterocycles. The predicted molar refractivity (Wildman–Crippen MR) is 113 cm³/mol. The maximum absolute atomic E-state index is 12.7. The maximum Gasteiger partial charge on any atom is 0.375 e. The second-order valence-electron chi connectivity index (χ2n) is 6.89. The van der Waals surface area contributed by atoms with Crippen LogP contribution >= 0.6 is 0 Å². The Labute approximate surface area is 174 Å². The van der Waals surface area contributed by atoms with Crippen molar-refractivity contribution in [2.75, 3.05) is 13.7 Å². The van der Waals surface area contributed by atoms with Gasteiger partial charge in [-0.1, -0.05) is 32.1 Å². The highest BCUT2D eigenvalue weighted by atomic mass is 16.5. The topological polar surface area (TPSA) is 86.2 Å².